The quantitative estimate of drug-likeness (QED) is 0.420. The molecule has 0 fully saturated rings. The molecule has 18 heavy (non-hydrogen) atoms. The SMILES string of the molecule is C/C(O)=C1\CSc2c([nH]c3ccc(I)cc23)C1=O. The first-order chi connectivity index (χ1) is 8.58. The fourth-order valence-corrected chi connectivity index (χ4v) is 3.81. The van der Waals surface area contributed by atoms with Crippen molar-refractivity contribution in [3.63, 3.8) is 0 Å². The fourth-order valence-electron chi connectivity index (χ4n) is 2.08. The summed E-state index contributed by atoms with van der Waals surface area (Å²) in [5, 5.41) is 10.6. The summed E-state index contributed by atoms with van der Waals surface area (Å²) in [6.45, 7) is 1.56. The number of nitrogens with one attached hydrogen (secondary N) is 1. The minimum atomic E-state index is -0.0880. The summed E-state index contributed by atoms with van der Waals surface area (Å²) in [6.07, 6.45) is 0. The number of thioether (sulfide) groups is 1. The van der Waals surface area contributed by atoms with Crippen LogP contribution < -0.4 is 0 Å². The van der Waals surface area contributed by atoms with Crippen LogP contribution in [0.1, 0.15) is 17.4 Å². The molecule has 0 aliphatic carbocycles. The van der Waals surface area contributed by atoms with Gasteiger partial charge in [-0.15, -0.1) is 11.8 Å². The topological polar surface area (TPSA) is 53.1 Å². The number of rotatable bonds is 0. The molecular weight excluding hydrogens is 361 g/mol. The van der Waals surface area contributed by atoms with Crippen LogP contribution in [0.25, 0.3) is 10.9 Å². The Bertz CT molecular complexity index is 698. The van der Waals surface area contributed by atoms with Crippen LogP contribution in [0.4, 0.5) is 0 Å². The molecule has 0 atom stereocenters. The minimum absolute atomic E-state index is 0.0880. The van der Waals surface area contributed by atoms with E-state index in [0.29, 0.717) is 17.0 Å². The highest BCUT2D eigenvalue weighted by atomic mass is 127. The zero-order valence-electron chi connectivity index (χ0n) is 9.58. The summed E-state index contributed by atoms with van der Waals surface area (Å²) < 4.78 is 1.15. The van der Waals surface area contributed by atoms with Crippen molar-refractivity contribution in [2.45, 2.75) is 11.8 Å². The Labute approximate surface area is 122 Å². The number of aromatic amines is 1. The van der Waals surface area contributed by atoms with Crippen LogP contribution in [-0.2, 0) is 0 Å². The molecule has 2 heterocycles. The van der Waals surface area contributed by atoms with E-state index in [2.05, 4.69) is 33.6 Å². The van der Waals surface area contributed by atoms with Crippen molar-refractivity contribution < 1.29 is 9.90 Å². The third-order valence-electron chi connectivity index (χ3n) is 3.01. The number of aliphatic hydroxyl groups excluding tert-OH is 1. The number of ketones is 1. The molecule has 1 aromatic heterocycles. The maximum atomic E-state index is 12.2. The number of aromatic nitrogens is 1. The predicted molar refractivity (Wildman–Crippen MR) is 81.4 cm³/mol. The van der Waals surface area contributed by atoms with Gasteiger partial charge in [-0.3, -0.25) is 4.79 Å². The van der Waals surface area contributed by atoms with Crippen molar-refractivity contribution in [2.24, 2.45) is 0 Å². The lowest BCUT2D eigenvalue weighted by molar-refractivity contribution is 0.102. The number of allylic oxidation sites excluding steroid dienone is 1. The molecule has 2 N–H and O–H groups in total. The van der Waals surface area contributed by atoms with Crippen molar-refractivity contribution in [2.75, 3.05) is 5.75 Å². The summed E-state index contributed by atoms with van der Waals surface area (Å²) in [5.41, 5.74) is 2.07. The van der Waals surface area contributed by atoms with E-state index in [0.717, 1.165) is 19.4 Å². The number of carbonyl (C=O) groups is 1. The molecule has 92 valence electrons. The van der Waals surface area contributed by atoms with Gasteiger partial charge in [-0.1, -0.05) is 0 Å². The molecule has 1 aromatic carbocycles. The lowest BCUT2D eigenvalue weighted by Crippen LogP contribution is -2.13. The van der Waals surface area contributed by atoms with Gasteiger partial charge in [-0.2, -0.15) is 0 Å². The van der Waals surface area contributed by atoms with Crippen molar-refractivity contribution in [1.82, 2.24) is 4.98 Å². The third-order valence-corrected chi connectivity index (χ3v) is 4.83. The number of benzene rings is 1. The van der Waals surface area contributed by atoms with Gasteiger partial charge in [0, 0.05) is 30.7 Å². The Kier molecular flexibility index (Phi) is 2.90. The predicted octanol–water partition coefficient (Wildman–Crippen LogP) is 3.89. The molecule has 1 aliphatic heterocycles. The Morgan fingerprint density at radius 2 is 2.28 bits per heavy atom. The number of carbonyl (C=O) groups excluding carboxylic acids is 1. The van der Waals surface area contributed by atoms with E-state index >= 15 is 0 Å². The van der Waals surface area contributed by atoms with Gasteiger partial charge in [0.2, 0.25) is 5.78 Å². The van der Waals surface area contributed by atoms with Crippen molar-refractivity contribution in [1.29, 1.82) is 0 Å². The molecule has 3 nitrogen and oxygen atoms in total. The van der Waals surface area contributed by atoms with Crippen LogP contribution in [0.5, 0.6) is 0 Å². The van der Waals surface area contributed by atoms with Gasteiger partial charge in [0.15, 0.2) is 0 Å². The smallest absolute Gasteiger partial charge is 0.210 e. The second kappa shape index (κ2) is 4.31. The second-order valence-electron chi connectivity index (χ2n) is 4.20. The van der Waals surface area contributed by atoms with Gasteiger partial charge >= 0.3 is 0 Å². The largest absolute Gasteiger partial charge is 0.512 e. The maximum absolute atomic E-state index is 12.2. The van der Waals surface area contributed by atoms with Gasteiger partial charge in [-0.05, 0) is 47.7 Å². The number of hydrogen-bond acceptors (Lipinski definition) is 3. The van der Waals surface area contributed by atoms with Crippen molar-refractivity contribution in [3.05, 3.63) is 38.8 Å². The summed E-state index contributed by atoms with van der Waals surface area (Å²) >= 11 is 3.86. The molecule has 0 unspecified atom stereocenters. The Balaban J connectivity index is 2.26. The van der Waals surface area contributed by atoms with E-state index in [4.69, 9.17) is 0 Å². The Morgan fingerprint density at radius 1 is 1.50 bits per heavy atom. The molecule has 1 aliphatic rings. The van der Waals surface area contributed by atoms with Crippen LogP contribution in [0.15, 0.2) is 34.4 Å². The molecule has 0 bridgehead atoms. The van der Waals surface area contributed by atoms with Crippen LogP contribution in [0.3, 0.4) is 0 Å². The van der Waals surface area contributed by atoms with Crippen molar-refractivity contribution in [3.8, 4) is 0 Å². The highest BCUT2D eigenvalue weighted by molar-refractivity contribution is 14.1. The van der Waals surface area contributed by atoms with Gasteiger partial charge in [0.1, 0.15) is 5.69 Å². The number of hydrogen-bond donors (Lipinski definition) is 2. The van der Waals surface area contributed by atoms with Crippen LogP contribution in [0, 0.1) is 3.57 Å². The van der Waals surface area contributed by atoms with Crippen LogP contribution >= 0.6 is 34.4 Å². The molecule has 0 saturated carbocycles. The zero-order chi connectivity index (χ0) is 12.9. The monoisotopic (exact) mass is 371 g/mol. The Hall–Kier alpha value is -0.950. The maximum Gasteiger partial charge on any atom is 0.210 e. The summed E-state index contributed by atoms with van der Waals surface area (Å²) in [6, 6.07) is 6.07. The van der Waals surface area contributed by atoms with E-state index in [1.54, 1.807) is 18.7 Å². The van der Waals surface area contributed by atoms with Gasteiger partial charge in [0.05, 0.1) is 5.76 Å². The highest BCUT2D eigenvalue weighted by Gasteiger charge is 2.28. The van der Waals surface area contributed by atoms with E-state index in [9.17, 15) is 9.90 Å². The average molecular weight is 371 g/mol. The van der Waals surface area contributed by atoms with Crippen molar-refractivity contribution >= 4 is 51.0 Å². The van der Waals surface area contributed by atoms with Gasteiger partial charge < -0.3 is 10.1 Å². The summed E-state index contributed by atoms with van der Waals surface area (Å²) in [5.74, 6) is 0.563. The first-order valence-electron chi connectivity index (χ1n) is 5.45. The minimum Gasteiger partial charge on any atom is -0.512 e. The first-order valence-corrected chi connectivity index (χ1v) is 7.52. The average Bonchev–Trinajstić information content (AvgIpc) is 2.68. The van der Waals surface area contributed by atoms with Crippen LogP contribution in [-0.4, -0.2) is 21.6 Å². The number of halogens is 1. The Morgan fingerprint density at radius 3 is 3.00 bits per heavy atom. The molecule has 0 amide bonds. The van der Waals surface area contributed by atoms with E-state index in [1.165, 1.54) is 0 Å². The third kappa shape index (κ3) is 1.76. The zero-order valence-corrected chi connectivity index (χ0v) is 12.6. The second-order valence-corrected chi connectivity index (χ2v) is 6.43. The molecule has 3 rings (SSSR count). The fraction of sp³-hybridized carbons (Fsp3) is 0.154. The molecule has 0 radical (unpaired) electrons. The lowest BCUT2D eigenvalue weighted by atomic mass is 10.1. The first kappa shape index (κ1) is 12.1. The highest BCUT2D eigenvalue weighted by Crippen LogP contribution is 2.39. The number of fused-ring (bicyclic) bond motifs is 3. The molecule has 5 heteroatoms. The number of H-pyrrole nitrogens is 1. The molecule has 0 saturated heterocycles. The normalized spacial score (nSPS) is 18.0. The van der Waals surface area contributed by atoms with E-state index in [-0.39, 0.29) is 11.5 Å². The molecule has 0 spiro atoms. The standard InChI is InChI=1S/C13H10INO2S/c1-6(16)9-5-18-13-8-4-7(14)2-3-10(8)15-11(13)12(9)17/h2-4,15-16H,5H2,1H3/b9-6-. The number of aliphatic hydroxyl groups is 1. The lowest BCUT2D eigenvalue weighted by Gasteiger charge is -2.14. The van der Waals surface area contributed by atoms with Gasteiger partial charge in [0.25, 0.3) is 0 Å². The summed E-state index contributed by atoms with van der Waals surface area (Å²) in [7, 11) is 0. The summed E-state index contributed by atoms with van der Waals surface area (Å²) in [4.78, 5) is 16.4. The molecule has 2 aromatic rings. The van der Waals surface area contributed by atoms with E-state index < -0.39 is 0 Å². The number of Topliss-reactive ketones (excluding diaryl/α,β-unsaturated/α-hetero) is 1. The molecular formula is C13H10INO2S. The van der Waals surface area contributed by atoms with E-state index in [1.807, 2.05) is 12.1 Å². The van der Waals surface area contributed by atoms with Gasteiger partial charge in [-0.25, -0.2) is 0 Å². The van der Waals surface area contributed by atoms with Crippen LogP contribution in [0.2, 0.25) is 0 Å².